The van der Waals surface area contributed by atoms with Crippen LogP contribution in [-0.4, -0.2) is 80.2 Å². The fourth-order valence-corrected chi connectivity index (χ4v) is 5.03. The van der Waals surface area contributed by atoms with E-state index in [0.717, 1.165) is 37.8 Å². The second kappa shape index (κ2) is 15.5. The number of amides is 1. The van der Waals surface area contributed by atoms with E-state index in [1.165, 1.54) is 42.7 Å². The van der Waals surface area contributed by atoms with E-state index in [0.29, 0.717) is 41.4 Å². The van der Waals surface area contributed by atoms with Crippen molar-refractivity contribution in [2.24, 2.45) is 0 Å². The summed E-state index contributed by atoms with van der Waals surface area (Å²) in [7, 11) is 2.15. The number of carbonyl (C=O) groups is 1. The zero-order valence-corrected chi connectivity index (χ0v) is 24.0. The topological polar surface area (TPSA) is 140 Å². The van der Waals surface area contributed by atoms with Crippen molar-refractivity contribution in [3.8, 4) is 12.8 Å². The van der Waals surface area contributed by atoms with Crippen molar-refractivity contribution < 1.29 is 4.79 Å². The minimum atomic E-state index is 0.371. The van der Waals surface area contributed by atoms with Gasteiger partial charge in [-0.25, -0.2) is 4.98 Å². The molecule has 6 rings (SSSR count). The van der Waals surface area contributed by atoms with Crippen LogP contribution in [0.2, 0.25) is 0 Å². The Morgan fingerprint density at radius 2 is 1.90 bits per heavy atom. The molecule has 13 heteroatoms. The number of nitrogens with one attached hydrogen (secondary N) is 4. The molecular formula is C27H39N11OS. The number of nitrogens with zero attached hydrogens (tertiary/aromatic N) is 7. The summed E-state index contributed by atoms with van der Waals surface area (Å²) in [5.41, 5.74) is 1.19. The standard InChI is InChI=1S/C19H29N9.C4H4N2OS.C2H4.C2H2/c1-12-4-3-8-28(12)19-23-17(20-14-7-9-27(2)11-14)22-18(24-19)21-16-10-15(25-26-16)13-5-6-13;7-3-6-4-5-1-2-8-4;2*1-2/h10,12-14H,3-9,11H2,1-2H3,(H3,20,21,22,23,24,25,26);1-3H,(H,5,6,7);1-2H2;1-2H/t12-,14?;;;/m0.../s1. The van der Waals surface area contributed by atoms with Gasteiger partial charge in [0, 0.05) is 54.4 Å². The Labute approximate surface area is 240 Å². The van der Waals surface area contributed by atoms with Crippen LogP contribution in [0.4, 0.5) is 28.8 Å². The maximum absolute atomic E-state index is 9.73. The van der Waals surface area contributed by atoms with Crippen molar-refractivity contribution in [2.45, 2.75) is 57.0 Å². The number of likely N-dealkylation sites (tertiary alicyclic amines) is 1. The molecule has 40 heavy (non-hydrogen) atoms. The smallest absolute Gasteiger partial charge is 0.235 e. The van der Waals surface area contributed by atoms with E-state index in [2.05, 4.69) is 92.0 Å². The highest BCUT2D eigenvalue weighted by Crippen LogP contribution is 2.39. The molecule has 5 heterocycles. The number of H-pyrrole nitrogens is 1. The zero-order chi connectivity index (χ0) is 28.9. The van der Waals surface area contributed by atoms with Crippen molar-refractivity contribution in [1.29, 1.82) is 0 Å². The summed E-state index contributed by atoms with van der Waals surface area (Å²) in [5.74, 6) is 3.34. The van der Waals surface area contributed by atoms with Crippen LogP contribution in [0.5, 0.6) is 0 Å². The monoisotopic (exact) mass is 565 g/mol. The Morgan fingerprint density at radius 3 is 2.50 bits per heavy atom. The third-order valence-electron chi connectivity index (χ3n) is 6.63. The number of rotatable bonds is 8. The fourth-order valence-electron chi connectivity index (χ4n) is 4.54. The second-order valence-corrected chi connectivity index (χ2v) is 10.5. The lowest BCUT2D eigenvalue weighted by molar-refractivity contribution is -0.105. The summed E-state index contributed by atoms with van der Waals surface area (Å²) in [5, 5.41) is 19.1. The van der Waals surface area contributed by atoms with Crippen LogP contribution in [0.3, 0.4) is 0 Å². The maximum Gasteiger partial charge on any atom is 0.235 e. The molecule has 1 amide bonds. The first kappa shape index (κ1) is 30.5. The lowest BCUT2D eigenvalue weighted by Gasteiger charge is -2.22. The molecule has 2 atom stereocenters. The molecule has 214 valence electrons. The minimum absolute atomic E-state index is 0.371. The summed E-state index contributed by atoms with van der Waals surface area (Å²) >= 11 is 1.39. The van der Waals surface area contributed by atoms with Gasteiger partial charge in [0.05, 0.1) is 0 Å². The van der Waals surface area contributed by atoms with Gasteiger partial charge >= 0.3 is 0 Å². The van der Waals surface area contributed by atoms with Gasteiger partial charge in [0.25, 0.3) is 0 Å². The molecule has 2 saturated heterocycles. The summed E-state index contributed by atoms with van der Waals surface area (Å²) < 4.78 is 0. The van der Waals surface area contributed by atoms with Gasteiger partial charge in [0.1, 0.15) is 0 Å². The predicted octanol–water partition coefficient (Wildman–Crippen LogP) is 4.08. The van der Waals surface area contributed by atoms with Gasteiger partial charge in [0.2, 0.25) is 24.3 Å². The van der Waals surface area contributed by atoms with E-state index in [-0.39, 0.29) is 0 Å². The van der Waals surface area contributed by atoms with Crippen molar-refractivity contribution in [3.63, 3.8) is 0 Å². The summed E-state index contributed by atoms with van der Waals surface area (Å²) in [6.07, 6.45) is 16.2. The second-order valence-electron chi connectivity index (χ2n) is 9.57. The van der Waals surface area contributed by atoms with Crippen LogP contribution in [0, 0.1) is 12.8 Å². The van der Waals surface area contributed by atoms with Crippen LogP contribution >= 0.6 is 11.3 Å². The number of aromatic amines is 1. The van der Waals surface area contributed by atoms with Crippen LogP contribution in [0.25, 0.3) is 0 Å². The van der Waals surface area contributed by atoms with Crippen molar-refractivity contribution in [1.82, 2.24) is 35.0 Å². The number of aromatic nitrogens is 6. The fraction of sp³-hybridized carbons (Fsp3) is 0.481. The van der Waals surface area contributed by atoms with Crippen LogP contribution in [-0.2, 0) is 4.79 Å². The highest BCUT2D eigenvalue weighted by Gasteiger charge is 2.27. The first-order chi connectivity index (χ1) is 19.6. The highest BCUT2D eigenvalue weighted by molar-refractivity contribution is 7.13. The van der Waals surface area contributed by atoms with Gasteiger partial charge in [-0.1, -0.05) is 0 Å². The molecule has 12 nitrogen and oxygen atoms in total. The molecule has 3 aromatic rings. The molecule has 1 unspecified atom stereocenters. The van der Waals surface area contributed by atoms with E-state index in [4.69, 9.17) is 9.97 Å². The van der Waals surface area contributed by atoms with Crippen LogP contribution in [0.15, 0.2) is 30.8 Å². The quantitative estimate of drug-likeness (QED) is 0.179. The van der Waals surface area contributed by atoms with Gasteiger partial charge < -0.3 is 25.8 Å². The molecule has 1 aliphatic carbocycles. The molecular weight excluding hydrogens is 526 g/mol. The van der Waals surface area contributed by atoms with E-state index < -0.39 is 0 Å². The van der Waals surface area contributed by atoms with E-state index in [1.54, 1.807) is 11.6 Å². The Kier molecular flexibility index (Phi) is 11.9. The van der Waals surface area contributed by atoms with Gasteiger partial charge in [-0.05, 0) is 52.6 Å². The third kappa shape index (κ3) is 8.75. The van der Waals surface area contributed by atoms with Crippen molar-refractivity contribution in [3.05, 3.63) is 36.5 Å². The number of carbonyl (C=O) groups excluding carboxylic acids is 1. The third-order valence-corrected chi connectivity index (χ3v) is 7.33. The zero-order valence-electron chi connectivity index (χ0n) is 23.2. The molecule has 0 bridgehead atoms. The molecule has 1 saturated carbocycles. The average Bonchev–Trinajstić information content (AvgIpc) is 3.36. The van der Waals surface area contributed by atoms with Crippen LogP contribution < -0.4 is 20.9 Å². The molecule has 3 aromatic heterocycles. The number of terminal acetylenes is 1. The normalized spacial score (nSPS) is 19.6. The molecule has 0 aromatic carbocycles. The molecule has 4 N–H and O–H groups in total. The Hall–Kier alpha value is -4.02. The van der Waals surface area contributed by atoms with Gasteiger partial charge in [-0.2, -0.15) is 20.1 Å². The molecule has 3 fully saturated rings. The largest absolute Gasteiger partial charge is 0.350 e. The Morgan fingerprint density at radius 1 is 1.12 bits per heavy atom. The van der Waals surface area contributed by atoms with Gasteiger partial charge in [0.15, 0.2) is 10.9 Å². The minimum Gasteiger partial charge on any atom is -0.350 e. The summed E-state index contributed by atoms with van der Waals surface area (Å²) in [6.45, 7) is 11.3. The van der Waals surface area contributed by atoms with Crippen molar-refractivity contribution in [2.75, 3.05) is 47.5 Å². The van der Waals surface area contributed by atoms with Gasteiger partial charge in [-0.3, -0.25) is 9.89 Å². The van der Waals surface area contributed by atoms with E-state index >= 15 is 0 Å². The number of anilines is 5. The lowest BCUT2D eigenvalue weighted by Crippen LogP contribution is -2.30. The molecule has 2 aliphatic heterocycles. The number of hydrogen-bond donors (Lipinski definition) is 4. The lowest BCUT2D eigenvalue weighted by atomic mass is 10.2. The number of likely N-dealkylation sites (N-methyl/N-ethyl adjacent to an activating group) is 1. The Balaban J connectivity index is 0.000000312. The first-order valence-electron chi connectivity index (χ1n) is 13.3. The molecule has 0 radical (unpaired) electrons. The first-order valence-corrected chi connectivity index (χ1v) is 14.2. The molecule has 3 aliphatic rings. The number of thiazole rings is 1. The average molecular weight is 566 g/mol. The maximum atomic E-state index is 9.73. The number of hydrogen-bond acceptors (Lipinski definition) is 11. The van der Waals surface area contributed by atoms with E-state index in [9.17, 15) is 4.79 Å². The highest BCUT2D eigenvalue weighted by atomic mass is 32.1. The van der Waals surface area contributed by atoms with Crippen LogP contribution in [0.1, 0.15) is 50.6 Å². The predicted molar refractivity (Wildman–Crippen MR) is 162 cm³/mol. The summed E-state index contributed by atoms with van der Waals surface area (Å²) in [4.78, 5) is 32.2. The summed E-state index contributed by atoms with van der Waals surface area (Å²) in [6, 6.07) is 2.89. The Bertz CT molecular complexity index is 1190. The van der Waals surface area contributed by atoms with E-state index in [1.807, 2.05) is 0 Å². The molecule has 0 spiro atoms. The van der Waals surface area contributed by atoms with Gasteiger partial charge in [-0.15, -0.1) is 37.3 Å². The van der Waals surface area contributed by atoms with Crippen molar-refractivity contribution >= 4 is 46.5 Å². The SMILES string of the molecule is C#C.C=C.C[C@H]1CCCN1c1nc(Nc2cc(C3CC3)[nH]n2)nc(NC2CCN(C)C2)n1.O=CNc1nccs1.